The van der Waals surface area contributed by atoms with Gasteiger partial charge in [-0.2, -0.15) is 4.31 Å². The first-order chi connectivity index (χ1) is 10.4. The molecule has 2 rings (SSSR count). The fraction of sp³-hybridized carbons (Fsp3) is 0.500. The van der Waals surface area contributed by atoms with Crippen molar-refractivity contribution in [2.75, 3.05) is 20.2 Å². The van der Waals surface area contributed by atoms with Crippen LogP contribution in [0.15, 0.2) is 29.2 Å². The molecule has 9 heteroatoms. The van der Waals surface area contributed by atoms with Crippen molar-refractivity contribution in [1.29, 1.82) is 0 Å². The number of methoxy groups -OCH3 is 1. The second kappa shape index (κ2) is 7.96. The third-order valence-corrected chi connectivity index (χ3v) is 5.72. The SMILES string of the molecule is COc1ccc(S(=O)(=O)N2CCCC(C(N)=O)C(O)C2)cc1.Cl. The number of β-amino-alcohol motifs (C(OH)–C–C–N with tert-alkyl or cyclic N) is 1. The topological polar surface area (TPSA) is 110 Å². The molecule has 0 spiro atoms. The molecule has 0 saturated carbocycles. The van der Waals surface area contributed by atoms with Crippen molar-refractivity contribution in [3.05, 3.63) is 24.3 Å². The molecule has 1 aliphatic rings. The Kier molecular flexibility index (Phi) is 6.82. The van der Waals surface area contributed by atoms with Crippen LogP contribution in [0.5, 0.6) is 5.75 Å². The Morgan fingerprint density at radius 3 is 2.48 bits per heavy atom. The van der Waals surface area contributed by atoms with Crippen LogP contribution in [0.1, 0.15) is 12.8 Å². The molecule has 0 bridgehead atoms. The molecule has 1 saturated heterocycles. The number of carbonyl (C=O) groups is 1. The molecule has 1 aliphatic heterocycles. The fourth-order valence-corrected chi connectivity index (χ4v) is 4.05. The summed E-state index contributed by atoms with van der Waals surface area (Å²) in [5.41, 5.74) is 5.24. The van der Waals surface area contributed by atoms with Crippen molar-refractivity contribution < 1.29 is 23.1 Å². The Labute approximate surface area is 141 Å². The normalized spacial score (nSPS) is 22.7. The van der Waals surface area contributed by atoms with Gasteiger partial charge < -0.3 is 15.6 Å². The van der Waals surface area contributed by atoms with Gasteiger partial charge in [0, 0.05) is 13.1 Å². The van der Waals surface area contributed by atoms with Gasteiger partial charge in [-0.15, -0.1) is 12.4 Å². The van der Waals surface area contributed by atoms with Gasteiger partial charge in [-0.1, -0.05) is 0 Å². The smallest absolute Gasteiger partial charge is 0.243 e. The highest BCUT2D eigenvalue weighted by Crippen LogP contribution is 2.24. The molecule has 23 heavy (non-hydrogen) atoms. The Balaban J connectivity index is 0.00000264. The average Bonchev–Trinajstić information content (AvgIpc) is 2.69. The number of sulfonamides is 1. The Hall–Kier alpha value is -1.35. The molecule has 7 nitrogen and oxygen atoms in total. The summed E-state index contributed by atoms with van der Waals surface area (Å²) < 4.78 is 31.4. The Bertz CT molecular complexity index is 635. The molecule has 1 fully saturated rings. The van der Waals surface area contributed by atoms with Gasteiger partial charge in [-0.3, -0.25) is 4.79 Å². The van der Waals surface area contributed by atoms with Gasteiger partial charge in [-0.25, -0.2) is 8.42 Å². The van der Waals surface area contributed by atoms with Crippen LogP contribution in [0.4, 0.5) is 0 Å². The standard InChI is InChI=1S/C14H20N2O5S.ClH/c1-21-10-4-6-11(7-5-10)22(19,20)16-8-2-3-12(14(15)18)13(17)9-16;/h4-7,12-13,17H,2-3,8-9H2,1H3,(H2,15,18);1H. The molecule has 1 amide bonds. The van der Waals surface area contributed by atoms with Crippen LogP contribution in [0.2, 0.25) is 0 Å². The van der Waals surface area contributed by atoms with Crippen LogP contribution < -0.4 is 10.5 Å². The molecule has 1 aromatic carbocycles. The van der Waals surface area contributed by atoms with Crippen LogP contribution in [0.3, 0.4) is 0 Å². The van der Waals surface area contributed by atoms with Crippen LogP contribution in [-0.4, -0.2) is 50.0 Å². The Morgan fingerprint density at radius 2 is 1.96 bits per heavy atom. The number of ether oxygens (including phenoxy) is 1. The van der Waals surface area contributed by atoms with Gasteiger partial charge in [0.2, 0.25) is 15.9 Å². The van der Waals surface area contributed by atoms with Crippen molar-refractivity contribution in [2.45, 2.75) is 23.8 Å². The zero-order valence-corrected chi connectivity index (χ0v) is 14.3. The molecule has 0 aliphatic carbocycles. The van der Waals surface area contributed by atoms with E-state index in [1.54, 1.807) is 12.1 Å². The van der Waals surface area contributed by atoms with E-state index in [9.17, 15) is 18.3 Å². The predicted molar refractivity (Wildman–Crippen MR) is 86.9 cm³/mol. The molecule has 2 atom stereocenters. The number of hydrogen-bond acceptors (Lipinski definition) is 5. The van der Waals surface area contributed by atoms with Gasteiger partial charge in [0.1, 0.15) is 5.75 Å². The first kappa shape index (κ1) is 19.7. The van der Waals surface area contributed by atoms with Gasteiger partial charge >= 0.3 is 0 Å². The number of carbonyl (C=O) groups excluding carboxylic acids is 1. The summed E-state index contributed by atoms with van der Waals surface area (Å²) in [5, 5.41) is 10.1. The number of benzene rings is 1. The minimum Gasteiger partial charge on any atom is -0.497 e. The second-order valence-corrected chi connectivity index (χ2v) is 7.19. The summed E-state index contributed by atoms with van der Waals surface area (Å²) in [4.78, 5) is 11.4. The number of aliphatic hydroxyl groups is 1. The highest BCUT2D eigenvalue weighted by Gasteiger charge is 2.34. The molecular weight excluding hydrogens is 344 g/mol. The maximum absolute atomic E-state index is 12.6. The van der Waals surface area contributed by atoms with Gasteiger partial charge in [-0.05, 0) is 37.1 Å². The third kappa shape index (κ3) is 4.35. The molecule has 1 aromatic rings. The second-order valence-electron chi connectivity index (χ2n) is 5.26. The highest BCUT2D eigenvalue weighted by atomic mass is 35.5. The average molecular weight is 365 g/mol. The number of nitrogens with two attached hydrogens (primary N) is 1. The number of amides is 1. The van der Waals surface area contributed by atoms with Crippen molar-refractivity contribution in [3.63, 3.8) is 0 Å². The molecule has 1 heterocycles. The van der Waals surface area contributed by atoms with E-state index in [0.29, 0.717) is 18.6 Å². The Morgan fingerprint density at radius 1 is 1.35 bits per heavy atom. The van der Waals surface area contributed by atoms with Crippen LogP contribution in [0.25, 0.3) is 0 Å². The van der Waals surface area contributed by atoms with Gasteiger partial charge in [0.25, 0.3) is 0 Å². The molecule has 3 N–H and O–H groups in total. The number of rotatable bonds is 4. The van der Waals surface area contributed by atoms with Crippen molar-refractivity contribution >= 4 is 28.3 Å². The van der Waals surface area contributed by atoms with E-state index in [0.717, 1.165) is 0 Å². The highest BCUT2D eigenvalue weighted by molar-refractivity contribution is 7.89. The van der Waals surface area contributed by atoms with Gasteiger partial charge in [0.05, 0.1) is 24.0 Å². The van der Waals surface area contributed by atoms with Gasteiger partial charge in [0.15, 0.2) is 0 Å². The lowest BCUT2D eigenvalue weighted by molar-refractivity contribution is -0.125. The summed E-state index contributed by atoms with van der Waals surface area (Å²) in [7, 11) is -2.23. The van der Waals surface area contributed by atoms with Crippen LogP contribution in [-0.2, 0) is 14.8 Å². The molecule has 2 unspecified atom stereocenters. The molecule has 130 valence electrons. The van der Waals surface area contributed by atoms with Crippen LogP contribution in [0, 0.1) is 5.92 Å². The summed E-state index contributed by atoms with van der Waals surface area (Å²) in [5.74, 6) is -0.754. The minimum atomic E-state index is -3.73. The van der Waals surface area contributed by atoms with E-state index >= 15 is 0 Å². The first-order valence-electron chi connectivity index (χ1n) is 6.98. The van der Waals surface area contributed by atoms with Crippen molar-refractivity contribution in [3.8, 4) is 5.75 Å². The lowest BCUT2D eigenvalue weighted by atomic mass is 9.98. The summed E-state index contributed by atoms with van der Waals surface area (Å²) in [6, 6.07) is 6.04. The zero-order chi connectivity index (χ0) is 16.3. The lowest BCUT2D eigenvalue weighted by Crippen LogP contribution is -2.41. The van der Waals surface area contributed by atoms with E-state index in [4.69, 9.17) is 10.5 Å². The van der Waals surface area contributed by atoms with Crippen LogP contribution >= 0.6 is 12.4 Å². The first-order valence-corrected chi connectivity index (χ1v) is 8.42. The molecule has 0 radical (unpaired) electrons. The minimum absolute atomic E-state index is 0. The van der Waals surface area contributed by atoms with E-state index in [1.807, 2.05) is 0 Å². The summed E-state index contributed by atoms with van der Waals surface area (Å²) in [6.45, 7) is 0.108. The van der Waals surface area contributed by atoms with E-state index < -0.39 is 28.0 Å². The number of aliphatic hydroxyl groups excluding tert-OH is 1. The summed E-state index contributed by atoms with van der Waals surface area (Å²) in [6.07, 6.45) is -0.237. The summed E-state index contributed by atoms with van der Waals surface area (Å²) >= 11 is 0. The number of hydrogen-bond donors (Lipinski definition) is 2. The molecular formula is C14H21ClN2O5S. The van der Waals surface area contributed by atoms with Crippen molar-refractivity contribution in [1.82, 2.24) is 4.31 Å². The zero-order valence-electron chi connectivity index (χ0n) is 12.7. The number of nitrogens with zero attached hydrogens (tertiary/aromatic N) is 1. The van der Waals surface area contributed by atoms with E-state index in [-0.39, 0.29) is 30.4 Å². The maximum Gasteiger partial charge on any atom is 0.243 e. The van der Waals surface area contributed by atoms with E-state index in [2.05, 4.69) is 0 Å². The molecule has 0 aromatic heterocycles. The lowest BCUT2D eigenvalue weighted by Gasteiger charge is -2.23. The van der Waals surface area contributed by atoms with E-state index in [1.165, 1.54) is 23.5 Å². The largest absolute Gasteiger partial charge is 0.497 e. The third-order valence-electron chi connectivity index (χ3n) is 3.84. The predicted octanol–water partition coefficient (Wildman–Crippen LogP) is 0.364. The monoisotopic (exact) mass is 364 g/mol. The number of primary amides is 1. The van der Waals surface area contributed by atoms with Crippen molar-refractivity contribution in [2.24, 2.45) is 11.7 Å². The maximum atomic E-state index is 12.6. The quantitative estimate of drug-likeness (QED) is 0.801. The number of halogens is 1. The fourth-order valence-electron chi connectivity index (χ4n) is 2.55.